The zero-order valence-electron chi connectivity index (χ0n) is 15.3. The Morgan fingerprint density at radius 1 is 0.826 bits per heavy atom. The van der Waals surface area contributed by atoms with Gasteiger partial charge >= 0.3 is 5.97 Å². The molecule has 0 saturated heterocycles. The number of unbranched alkanes of at least 4 members (excludes halogenated alkanes) is 8. The molecule has 0 aromatic heterocycles. The molecule has 0 aromatic rings. The normalized spacial score (nSPS) is 13.5. The number of hydrogen-bond donors (Lipinski definition) is 0. The maximum atomic E-state index is 11.3. The Bertz CT molecular complexity index is 314. The Labute approximate surface area is 142 Å². The average Bonchev–Trinajstić information content (AvgIpc) is 2.50. The van der Waals surface area contributed by atoms with E-state index in [0.717, 1.165) is 38.5 Å². The van der Waals surface area contributed by atoms with Crippen LogP contribution in [0.15, 0.2) is 0 Å². The van der Waals surface area contributed by atoms with E-state index < -0.39 is 18.0 Å². The molecular formula is C19H35O4-. The van der Waals surface area contributed by atoms with Gasteiger partial charge in [-0.05, 0) is 12.8 Å². The summed E-state index contributed by atoms with van der Waals surface area (Å²) in [7, 11) is 0. The maximum absolute atomic E-state index is 11.3. The predicted octanol–water partition coefficient (Wildman–Crippen LogP) is 4.01. The van der Waals surface area contributed by atoms with E-state index in [1.807, 2.05) is 0 Å². The molecule has 0 radical (unpaired) electrons. The Hall–Kier alpha value is -1.06. The lowest BCUT2D eigenvalue weighted by molar-refractivity contribution is -0.318. The van der Waals surface area contributed by atoms with Crippen LogP contribution >= 0.6 is 0 Å². The van der Waals surface area contributed by atoms with Gasteiger partial charge in [-0.1, -0.05) is 78.1 Å². The second kappa shape index (κ2) is 14.5. The van der Waals surface area contributed by atoms with Crippen molar-refractivity contribution < 1.29 is 19.4 Å². The quantitative estimate of drug-likeness (QED) is 0.337. The van der Waals surface area contributed by atoms with E-state index in [1.165, 1.54) is 45.4 Å². The summed E-state index contributed by atoms with van der Waals surface area (Å²) >= 11 is 0. The minimum Gasteiger partial charge on any atom is -0.546 e. The van der Waals surface area contributed by atoms with Crippen LogP contribution in [-0.4, -0.2) is 18.0 Å². The molecular weight excluding hydrogens is 292 g/mol. The molecule has 4 heteroatoms. The maximum Gasteiger partial charge on any atom is 0.303 e. The van der Waals surface area contributed by atoms with Crippen LogP contribution in [0.1, 0.15) is 97.8 Å². The van der Waals surface area contributed by atoms with Gasteiger partial charge in [0.2, 0.25) is 0 Å². The van der Waals surface area contributed by atoms with Gasteiger partial charge in [0.15, 0.2) is 0 Å². The minimum absolute atomic E-state index is 0.121. The number of hydrogen-bond acceptors (Lipinski definition) is 4. The van der Waals surface area contributed by atoms with E-state index in [0.29, 0.717) is 0 Å². The van der Waals surface area contributed by atoms with Crippen LogP contribution < -0.4 is 5.11 Å². The molecule has 0 aliphatic heterocycles. The fourth-order valence-electron chi connectivity index (χ4n) is 2.97. The third-order valence-corrected chi connectivity index (χ3v) is 4.31. The fourth-order valence-corrected chi connectivity index (χ4v) is 2.97. The molecule has 0 aliphatic carbocycles. The van der Waals surface area contributed by atoms with E-state index in [1.54, 1.807) is 0 Å². The molecule has 23 heavy (non-hydrogen) atoms. The van der Waals surface area contributed by atoms with Crippen LogP contribution in [0, 0.1) is 5.92 Å². The summed E-state index contributed by atoms with van der Waals surface area (Å²) in [5.41, 5.74) is 0. The molecule has 0 spiro atoms. The lowest BCUT2D eigenvalue weighted by atomic mass is 9.90. The van der Waals surface area contributed by atoms with Crippen LogP contribution in [0.3, 0.4) is 0 Å². The second-order valence-electron chi connectivity index (χ2n) is 6.51. The molecule has 0 rings (SSSR count). The van der Waals surface area contributed by atoms with E-state index >= 15 is 0 Å². The summed E-state index contributed by atoms with van der Waals surface area (Å²) in [6, 6.07) is 0. The van der Waals surface area contributed by atoms with Crippen molar-refractivity contribution in [3.8, 4) is 0 Å². The number of rotatable bonds is 15. The van der Waals surface area contributed by atoms with Crippen molar-refractivity contribution in [2.24, 2.45) is 5.92 Å². The van der Waals surface area contributed by atoms with Crippen LogP contribution in [0.2, 0.25) is 0 Å². The SMILES string of the molecule is CCCCCCCCCCC(CCCC)C(OC(C)=O)C(=O)[O-]. The molecule has 0 aliphatic rings. The van der Waals surface area contributed by atoms with E-state index in [9.17, 15) is 14.7 Å². The monoisotopic (exact) mass is 327 g/mol. The van der Waals surface area contributed by atoms with Crippen molar-refractivity contribution in [3.63, 3.8) is 0 Å². The van der Waals surface area contributed by atoms with Crippen LogP contribution in [-0.2, 0) is 14.3 Å². The first-order chi connectivity index (χ1) is 11.0. The minimum atomic E-state index is -1.26. The summed E-state index contributed by atoms with van der Waals surface area (Å²) in [5, 5.41) is 11.3. The average molecular weight is 327 g/mol. The van der Waals surface area contributed by atoms with Gasteiger partial charge in [0.1, 0.15) is 6.10 Å². The Morgan fingerprint density at radius 2 is 1.30 bits per heavy atom. The molecule has 0 amide bonds. The van der Waals surface area contributed by atoms with Crippen molar-refractivity contribution in [2.75, 3.05) is 0 Å². The third-order valence-electron chi connectivity index (χ3n) is 4.31. The van der Waals surface area contributed by atoms with E-state index in [4.69, 9.17) is 4.74 Å². The van der Waals surface area contributed by atoms with Crippen molar-refractivity contribution in [1.29, 1.82) is 0 Å². The van der Waals surface area contributed by atoms with Gasteiger partial charge in [-0.15, -0.1) is 0 Å². The highest BCUT2D eigenvalue weighted by molar-refractivity contribution is 5.75. The Morgan fingerprint density at radius 3 is 1.78 bits per heavy atom. The molecule has 0 heterocycles. The summed E-state index contributed by atoms with van der Waals surface area (Å²) in [6.45, 7) is 5.55. The molecule has 0 fully saturated rings. The van der Waals surface area contributed by atoms with Crippen LogP contribution in [0.25, 0.3) is 0 Å². The van der Waals surface area contributed by atoms with Crippen LogP contribution in [0.5, 0.6) is 0 Å². The molecule has 0 saturated carbocycles. The predicted molar refractivity (Wildman–Crippen MR) is 90.8 cm³/mol. The number of carboxylic acids is 1. The van der Waals surface area contributed by atoms with Crippen molar-refractivity contribution in [3.05, 3.63) is 0 Å². The lowest BCUT2D eigenvalue weighted by Crippen LogP contribution is -2.43. The number of ether oxygens (including phenoxy) is 1. The highest BCUT2D eigenvalue weighted by atomic mass is 16.6. The van der Waals surface area contributed by atoms with Gasteiger partial charge in [0.05, 0.1) is 5.97 Å². The first-order valence-corrected chi connectivity index (χ1v) is 9.40. The van der Waals surface area contributed by atoms with Gasteiger partial charge in [-0.3, -0.25) is 4.79 Å². The molecule has 136 valence electrons. The highest BCUT2D eigenvalue weighted by Crippen LogP contribution is 2.23. The first kappa shape index (κ1) is 21.9. The molecule has 0 aromatic carbocycles. The standard InChI is InChI=1S/C19H36O4/c1-4-6-8-9-10-11-12-13-15-17(14-7-5-2)18(19(21)22)23-16(3)20/h17-18H,4-15H2,1-3H3,(H,21,22)/p-1. The lowest BCUT2D eigenvalue weighted by Gasteiger charge is -2.27. The van der Waals surface area contributed by atoms with Gasteiger partial charge in [-0.25, -0.2) is 0 Å². The second-order valence-corrected chi connectivity index (χ2v) is 6.51. The van der Waals surface area contributed by atoms with Crippen molar-refractivity contribution in [1.82, 2.24) is 0 Å². The van der Waals surface area contributed by atoms with E-state index in [-0.39, 0.29) is 5.92 Å². The third kappa shape index (κ3) is 12.1. The molecule has 2 unspecified atom stereocenters. The number of carbonyl (C=O) groups is 2. The summed E-state index contributed by atoms with van der Waals surface area (Å²) in [5.74, 6) is -1.93. The zero-order chi connectivity index (χ0) is 17.5. The van der Waals surface area contributed by atoms with Crippen molar-refractivity contribution in [2.45, 2.75) is 104 Å². The fraction of sp³-hybridized carbons (Fsp3) is 0.895. The Kier molecular flexibility index (Phi) is 13.9. The molecule has 0 bridgehead atoms. The molecule has 4 nitrogen and oxygen atoms in total. The van der Waals surface area contributed by atoms with Gasteiger partial charge in [0.25, 0.3) is 0 Å². The Balaban J connectivity index is 4.16. The summed E-state index contributed by atoms with van der Waals surface area (Å²) in [4.78, 5) is 22.4. The molecule has 0 N–H and O–H groups in total. The van der Waals surface area contributed by atoms with Gasteiger partial charge in [0, 0.05) is 12.8 Å². The number of esters is 1. The number of carbonyl (C=O) groups excluding carboxylic acids is 2. The van der Waals surface area contributed by atoms with Crippen molar-refractivity contribution >= 4 is 11.9 Å². The first-order valence-electron chi connectivity index (χ1n) is 9.40. The molecule has 2 atom stereocenters. The largest absolute Gasteiger partial charge is 0.546 e. The van der Waals surface area contributed by atoms with Crippen LogP contribution in [0.4, 0.5) is 0 Å². The topological polar surface area (TPSA) is 66.4 Å². The smallest absolute Gasteiger partial charge is 0.303 e. The van der Waals surface area contributed by atoms with Gasteiger partial charge < -0.3 is 14.6 Å². The zero-order valence-corrected chi connectivity index (χ0v) is 15.3. The number of aliphatic carboxylic acids is 1. The van der Waals surface area contributed by atoms with Gasteiger partial charge in [-0.2, -0.15) is 0 Å². The van der Waals surface area contributed by atoms with E-state index in [2.05, 4.69) is 13.8 Å². The summed E-state index contributed by atoms with van der Waals surface area (Å²) < 4.78 is 4.99. The highest BCUT2D eigenvalue weighted by Gasteiger charge is 2.24. The summed E-state index contributed by atoms with van der Waals surface area (Å²) in [6.07, 6.45) is 12.2. The number of carboxylic acid groups (broad SMARTS) is 1.